The highest BCUT2D eigenvalue weighted by molar-refractivity contribution is 6.22. The van der Waals surface area contributed by atoms with Crippen LogP contribution in [-0.4, -0.2) is 41.5 Å². The predicted molar refractivity (Wildman–Crippen MR) is 132 cm³/mol. The molecular formula is C29H30N2O3. The number of carbonyl (C=O) groups is 3. The molecule has 0 aromatic heterocycles. The van der Waals surface area contributed by atoms with Crippen molar-refractivity contribution >= 4 is 28.7 Å². The fraction of sp³-hybridized carbons (Fsp3) is 0.483. The van der Waals surface area contributed by atoms with E-state index in [1.54, 1.807) is 0 Å². The first-order valence-electron chi connectivity index (χ1n) is 13.0. The topological polar surface area (TPSA) is 57.7 Å². The summed E-state index contributed by atoms with van der Waals surface area (Å²) >= 11 is 0. The second-order valence-electron chi connectivity index (χ2n) is 11.0. The van der Waals surface area contributed by atoms with E-state index in [0.717, 1.165) is 59.3 Å². The van der Waals surface area contributed by atoms with Gasteiger partial charge in [-0.25, -0.2) is 0 Å². The lowest BCUT2D eigenvalue weighted by Crippen LogP contribution is -2.52. The zero-order valence-electron chi connectivity index (χ0n) is 19.5. The molecule has 4 aliphatic heterocycles. The molecular weight excluding hydrogens is 424 g/mol. The molecule has 2 aromatic rings. The van der Waals surface area contributed by atoms with Gasteiger partial charge in [0, 0.05) is 72.4 Å². The zero-order valence-corrected chi connectivity index (χ0v) is 19.5. The van der Waals surface area contributed by atoms with Gasteiger partial charge in [0.2, 0.25) is 0 Å². The van der Waals surface area contributed by atoms with Crippen molar-refractivity contribution in [2.45, 2.75) is 88.4 Å². The fourth-order valence-corrected chi connectivity index (χ4v) is 7.57. The maximum atomic E-state index is 13.6. The van der Waals surface area contributed by atoms with E-state index in [1.807, 2.05) is 0 Å². The largest absolute Gasteiger partial charge is 0.365 e. The molecule has 4 heterocycles. The third-order valence-electron chi connectivity index (χ3n) is 8.96. The Balaban J connectivity index is 1.23. The van der Waals surface area contributed by atoms with E-state index in [4.69, 9.17) is 0 Å². The Hall–Kier alpha value is -2.95. The summed E-state index contributed by atoms with van der Waals surface area (Å²) in [6.45, 7) is 0. The number of nitrogens with zero attached hydrogens (tertiary/aromatic N) is 2. The number of fused-ring (bicyclic) bond motifs is 7. The average Bonchev–Trinajstić information content (AvgIpc) is 3.09. The molecule has 1 aliphatic carbocycles. The summed E-state index contributed by atoms with van der Waals surface area (Å²) in [5.41, 5.74) is 5.78. The Kier molecular flexibility index (Phi) is 4.52. The summed E-state index contributed by atoms with van der Waals surface area (Å²) in [4.78, 5) is 42.8. The molecule has 4 saturated heterocycles. The summed E-state index contributed by atoms with van der Waals surface area (Å²) in [6, 6.07) is 13.7. The van der Waals surface area contributed by atoms with Crippen molar-refractivity contribution < 1.29 is 14.4 Å². The minimum atomic E-state index is 0.102. The van der Waals surface area contributed by atoms with Crippen LogP contribution in [-0.2, 0) is 9.59 Å². The molecule has 0 spiro atoms. The smallest absolute Gasteiger partial charge is 0.194 e. The first-order valence-corrected chi connectivity index (χ1v) is 13.0. The van der Waals surface area contributed by atoms with Crippen LogP contribution in [0.4, 0.5) is 11.4 Å². The quantitative estimate of drug-likeness (QED) is 0.541. The standard InChI is InChI=1S/C29H30N2O3/c32-23-11-17-3-1-4-18(12-23)30(17)21-7-9-25-26-10-8-22(16-28(26)29(34)27(25)15-21)31-19-5-2-6-20(31)14-24(33)13-19/h7-10,15-20H,1-6,11-14H2. The Morgan fingerprint density at radius 3 is 1.29 bits per heavy atom. The highest BCUT2D eigenvalue weighted by atomic mass is 16.1. The molecule has 0 radical (unpaired) electrons. The van der Waals surface area contributed by atoms with Crippen molar-refractivity contribution in [3.63, 3.8) is 0 Å². The van der Waals surface area contributed by atoms with Crippen molar-refractivity contribution in [2.24, 2.45) is 0 Å². The monoisotopic (exact) mass is 454 g/mol. The lowest BCUT2D eigenvalue weighted by Gasteiger charge is -2.47. The summed E-state index contributed by atoms with van der Waals surface area (Å²) < 4.78 is 0. The molecule has 5 nitrogen and oxygen atoms in total. The number of rotatable bonds is 2. The number of benzene rings is 2. The Labute approximate surface area is 200 Å². The van der Waals surface area contributed by atoms with Gasteiger partial charge in [-0.3, -0.25) is 14.4 Å². The molecule has 5 heteroatoms. The number of anilines is 2. The van der Waals surface area contributed by atoms with Crippen LogP contribution in [0.2, 0.25) is 0 Å². The van der Waals surface area contributed by atoms with E-state index in [2.05, 4.69) is 46.2 Å². The molecule has 174 valence electrons. The van der Waals surface area contributed by atoms with Crippen LogP contribution in [0.25, 0.3) is 11.1 Å². The third kappa shape index (κ3) is 3.02. The van der Waals surface area contributed by atoms with Crippen molar-refractivity contribution in [3.05, 3.63) is 47.5 Å². The van der Waals surface area contributed by atoms with E-state index >= 15 is 0 Å². The van der Waals surface area contributed by atoms with Crippen LogP contribution >= 0.6 is 0 Å². The lowest BCUT2D eigenvalue weighted by atomic mass is 9.83. The highest BCUT2D eigenvalue weighted by Crippen LogP contribution is 2.44. The molecule has 0 N–H and O–H groups in total. The zero-order chi connectivity index (χ0) is 23.0. The van der Waals surface area contributed by atoms with Gasteiger partial charge < -0.3 is 9.80 Å². The molecule has 4 fully saturated rings. The number of Topliss-reactive ketones (excluding diaryl/α,β-unsaturated/α-hetero) is 2. The summed E-state index contributed by atoms with van der Waals surface area (Å²) in [6.07, 6.45) is 9.10. The normalized spacial score (nSPS) is 29.8. The number of ketones is 3. The number of hydrogen-bond donors (Lipinski definition) is 0. The number of carbonyl (C=O) groups excluding carboxylic acids is 3. The fourth-order valence-electron chi connectivity index (χ4n) is 7.57. The average molecular weight is 455 g/mol. The van der Waals surface area contributed by atoms with E-state index in [9.17, 15) is 14.4 Å². The van der Waals surface area contributed by atoms with E-state index in [-0.39, 0.29) is 30.0 Å². The maximum absolute atomic E-state index is 13.6. The van der Waals surface area contributed by atoms with E-state index in [0.29, 0.717) is 37.2 Å². The van der Waals surface area contributed by atoms with Gasteiger partial charge in [-0.05, 0) is 73.9 Å². The molecule has 2 aromatic carbocycles. The van der Waals surface area contributed by atoms with E-state index < -0.39 is 0 Å². The third-order valence-corrected chi connectivity index (χ3v) is 8.96. The summed E-state index contributed by atoms with van der Waals surface area (Å²) in [5.74, 6) is 0.866. The molecule has 0 saturated carbocycles. The first-order chi connectivity index (χ1) is 16.6. The lowest BCUT2D eigenvalue weighted by molar-refractivity contribution is -0.122. The highest BCUT2D eigenvalue weighted by Gasteiger charge is 2.40. The molecule has 0 amide bonds. The minimum absolute atomic E-state index is 0.102. The minimum Gasteiger partial charge on any atom is -0.365 e. The van der Waals surface area contributed by atoms with Crippen LogP contribution in [0, 0.1) is 0 Å². The van der Waals surface area contributed by atoms with Gasteiger partial charge in [-0.2, -0.15) is 0 Å². The number of hydrogen-bond acceptors (Lipinski definition) is 5. The number of piperidine rings is 4. The predicted octanol–water partition coefficient (Wildman–Crippen LogP) is 5.08. The van der Waals surface area contributed by atoms with Crippen LogP contribution < -0.4 is 9.80 Å². The van der Waals surface area contributed by atoms with Gasteiger partial charge in [0.25, 0.3) is 0 Å². The van der Waals surface area contributed by atoms with Gasteiger partial charge >= 0.3 is 0 Å². The second kappa shape index (κ2) is 7.53. The molecule has 34 heavy (non-hydrogen) atoms. The van der Waals surface area contributed by atoms with Crippen LogP contribution in [0.3, 0.4) is 0 Å². The van der Waals surface area contributed by atoms with Gasteiger partial charge in [-0.1, -0.05) is 12.1 Å². The summed E-state index contributed by atoms with van der Waals surface area (Å²) in [5, 5.41) is 0. The van der Waals surface area contributed by atoms with Crippen molar-refractivity contribution in [1.29, 1.82) is 0 Å². The van der Waals surface area contributed by atoms with Crippen molar-refractivity contribution in [3.8, 4) is 11.1 Å². The second-order valence-corrected chi connectivity index (χ2v) is 11.0. The van der Waals surface area contributed by atoms with Gasteiger partial charge in [0.05, 0.1) is 0 Å². The molecule has 4 atom stereocenters. The van der Waals surface area contributed by atoms with E-state index in [1.165, 1.54) is 12.8 Å². The Morgan fingerprint density at radius 2 is 0.912 bits per heavy atom. The van der Waals surface area contributed by atoms with Crippen molar-refractivity contribution in [1.82, 2.24) is 0 Å². The molecule has 7 rings (SSSR count). The van der Waals surface area contributed by atoms with Crippen LogP contribution in [0.1, 0.15) is 80.1 Å². The first kappa shape index (κ1) is 20.4. The molecule has 5 aliphatic rings. The van der Waals surface area contributed by atoms with Crippen LogP contribution in [0.15, 0.2) is 36.4 Å². The van der Waals surface area contributed by atoms with Gasteiger partial charge in [0.15, 0.2) is 5.78 Å². The Bertz CT molecular complexity index is 1110. The van der Waals surface area contributed by atoms with Crippen molar-refractivity contribution in [2.75, 3.05) is 9.80 Å². The molecule has 4 bridgehead atoms. The molecule has 4 unspecified atom stereocenters. The summed E-state index contributed by atoms with van der Waals surface area (Å²) in [7, 11) is 0. The van der Waals surface area contributed by atoms with Crippen LogP contribution in [0.5, 0.6) is 0 Å². The Morgan fingerprint density at radius 1 is 0.529 bits per heavy atom. The maximum Gasteiger partial charge on any atom is 0.194 e. The van der Waals surface area contributed by atoms with Gasteiger partial charge in [0.1, 0.15) is 11.6 Å². The van der Waals surface area contributed by atoms with Gasteiger partial charge in [-0.15, -0.1) is 0 Å². The SMILES string of the molecule is O=C1CC2CCCC(C1)N2c1ccc2c(c1)C(=O)c1cc(N3C4CCCC3CC(=O)C4)ccc1-2.